The van der Waals surface area contributed by atoms with E-state index in [0.29, 0.717) is 6.54 Å². The molecular weight excluding hydrogens is 390 g/mol. The predicted octanol–water partition coefficient (Wildman–Crippen LogP) is 2.77. The number of aliphatic hydroxyl groups is 1. The van der Waals surface area contributed by atoms with Gasteiger partial charge in [-0.15, -0.1) is 0 Å². The van der Waals surface area contributed by atoms with E-state index in [9.17, 15) is 5.11 Å². The molecule has 31 heavy (non-hydrogen) atoms. The van der Waals surface area contributed by atoms with Crippen molar-refractivity contribution < 1.29 is 9.84 Å². The van der Waals surface area contributed by atoms with E-state index in [1.54, 1.807) is 0 Å². The van der Waals surface area contributed by atoms with Crippen LogP contribution in [0.15, 0.2) is 55.0 Å². The van der Waals surface area contributed by atoms with Crippen LogP contribution in [0.25, 0.3) is 22.2 Å². The minimum absolute atomic E-state index is 0.264. The molecule has 7 heteroatoms. The number of nitrogens with zero attached hydrogens (tertiary/aromatic N) is 5. The summed E-state index contributed by atoms with van der Waals surface area (Å²) in [6.45, 7) is 2.59. The minimum atomic E-state index is -0.548. The van der Waals surface area contributed by atoms with Crippen LogP contribution in [0.1, 0.15) is 11.3 Å². The van der Waals surface area contributed by atoms with Crippen molar-refractivity contribution in [2.45, 2.75) is 19.1 Å². The van der Waals surface area contributed by atoms with Gasteiger partial charge in [0.1, 0.15) is 18.5 Å². The van der Waals surface area contributed by atoms with Gasteiger partial charge in [0, 0.05) is 51.9 Å². The number of benzene rings is 2. The fraction of sp³-hybridized carbons (Fsp3) is 0.333. The van der Waals surface area contributed by atoms with Gasteiger partial charge in [-0.1, -0.05) is 18.2 Å². The van der Waals surface area contributed by atoms with E-state index in [4.69, 9.17) is 4.74 Å². The number of imidazole rings is 1. The van der Waals surface area contributed by atoms with E-state index >= 15 is 0 Å². The highest BCUT2D eigenvalue weighted by Gasteiger charge is 2.21. The fourth-order valence-corrected chi connectivity index (χ4v) is 4.28. The number of fused-ring (bicyclic) bond motifs is 2. The predicted molar refractivity (Wildman–Crippen MR) is 120 cm³/mol. The molecule has 3 heterocycles. The summed E-state index contributed by atoms with van der Waals surface area (Å²) < 4.78 is 9.82. The number of aryl methyl sites for hydroxylation is 2. The number of rotatable bonds is 6. The Morgan fingerprint density at radius 1 is 1.13 bits per heavy atom. The lowest BCUT2D eigenvalue weighted by Gasteiger charge is -2.28. The molecule has 0 radical (unpaired) electrons. The summed E-state index contributed by atoms with van der Waals surface area (Å²) >= 11 is 0. The lowest BCUT2D eigenvalue weighted by Crippen LogP contribution is -2.38. The summed E-state index contributed by atoms with van der Waals surface area (Å²) in [7, 11) is 3.95. The van der Waals surface area contributed by atoms with Crippen molar-refractivity contribution in [2.24, 2.45) is 14.1 Å². The molecule has 2 aromatic heterocycles. The zero-order valence-electron chi connectivity index (χ0n) is 17.9. The van der Waals surface area contributed by atoms with Crippen LogP contribution in [-0.4, -0.2) is 55.1 Å². The zero-order valence-corrected chi connectivity index (χ0v) is 17.9. The van der Waals surface area contributed by atoms with Crippen molar-refractivity contribution in [2.75, 3.05) is 19.7 Å². The molecule has 0 amide bonds. The first-order valence-electron chi connectivity index (χ1n) is 10.6. The molecule has 0 bridgehead atoms. The highest BCUT2D eigenvalue weighted by atomic mass is 16.5. The number of hydrogen-bond donors (Lipinski definition) is 1. The average Bonchev–Trinajstić information content (AvgIpc) is 3.33. The lowest BCUT2D eigenvalue weighted by atomic mass is 10.0. The van der Waals surface area contributed by atoms with Crippen LogP contribution in [0.3, 0.4) is 0 Å². The second-order valence-corrected chi connectivity index (χ2v) is 8.31. The second kappa shape index (κ2) is 8.17. The van der Waals surface area contributed by atoms with Crippen LogP contribution >= 0.6 is 0 Å². The smallest absolute Gasteiger partial charge is 0.120 e. The molecule has 0 saturated heterocycles. The van der Waals surface area contributed by atoms with Crippen molar-refractivity contribution in [1.82, 2.24) is 24.2 Å². The van der Waals surface area contributed by atoms with Gasteiger partial charge < -0.3 is 14.4 Å². The van der Waals surface area contributed by atoms with E-state index in [0.717, 1.165) is 47.4 Å². The number of ether oxygens (including phenoxy) is 1. The van der Waals surface area contributed by atoms with E-state index in [1.807, 2.05) is 53.9 Å². The molecule has 1 N–H and O–H groups in total. The molecule has 7 nitrogen and oxygen atoms in total. The molecule has 2 aromatic carbocycles. The molecular formula is C24H27N5O2. The fourth-order valence-electron chi connectivity index (χ4n) is 4.28. The molecule has 4 aromatic rings. The third-order valence-electron chi connectivity index (χ3n) is 5.85. The first kappa shape index (κ1) is 19.8. The Kier molecular flexibility index (Phi) is 5.21. The third kappa shape index (κ3) is 4.19. The monoisotopic (exact) mass is 417 g/mol. The van der Waals surface area contributed by atoms with Crippen LogP contribution < -0.4 is 4.74 Å². The molecule has 160 valence electrons. The van der Waals surface area contributed by atoms with Crippen LogP contribution in [0.2, 0.25) is 0 Å². The van der Waals surface area contributed by atoms with Gasteiger partial charge in [0.05, 0.1) is 23.1 Å². The van der Waals surface area contributed by atoms with E-state index in [-0.39, 0.29) is 6.61 Å². The van der Waals surface area contributed by atoms with Crippen molar-refractivity contribution in [3.05, 3.63) is 66.2 Å². The summed E-state index contributed by atoms with van der Waals surface area (Å²) in [6, 6.07) is 14.3. The zero-order chi connectivity index (χ0) is 21.4. The Hall–Kier alpha value is -3.16. The molecule has 1 atom stereocenters. The Morgan fingerprint density at radius 2 is 2.00 bits per heavy atom. The highest BCUT2D eigenvalue weighted by molar-refractivity contribution is 5.82. The molecule has 0 spiro atoms. The molecule has 1 aliphatic rings. The largest absolute Gasteiger partial charge is 0.491 e. The molecule has 1 aliphatic heterocycles. The number of β-amino-alcohol motifs (C(OH)–C–C–N with tert-alkyl or cyclic N) is 1. The topological polar surface area (TPSA) is 68.3 Å². The maximum atomic E-state index is 10.5. The molecule has 5 rings (SSSR count). The highest BCUT2D eigenvalue weighted by Crippen LogP contribution is 2.27. The van der Waals surface area contributed by atoms with Crippen LogP contribution in [0.4, 0.5) is 0 Å². The second-order valence-electron chi connectivity index (χ2n) is 8.31. The van der Waals surface area contributed by atoms with Gasteiger partial charge in [0.15, 0.2) is 0 Å². The average molecular weight is 418 g/mol. The lowest BCUT2D eigenvalue weighted by molar-refractivity contribution is 0.0637. The van der Waals surface area contributed by atoms with Gasteiger partial charge in [0.25, 0.3) is 0 Å². The quantitative estimate of drug-likeness (QED) is 0.523. The van der Waals surface area contributed by atoms with Crippen molar-refractivity contribution in [3.8, 4) is 16.9 Å². The van der Waals surface area contributed by atoms with Gasteiger partial charge in [-0.3, -0.25) is 9.58 Å². The molecule has 0 unspecified atom stereocenters. The first-order chi connectivity index (χ1) is 15.0. The third-order valence-corrected chi connectivity index (χ3v) is 5.85. The van der Waals surface area contributed by atoms with Gasteiger partial charge >= 0.3 is 0 Å². The molecule has 0 saturated carbocycles. The van der Waals surface area contributed by atoms with Crippen molar-refractivity contribution in [1.29, 1.82) is 0 Å². The maximum absolute atomic E-state index is 10.5. The van der Waals surface area contributed by atoms with Crippen LogP contribution in [0.5, 0.6) is 5.75 Å². The molecule has 0 fully saturated rings. The van der Waals surface area contributed by atoms with Gasteiger partial charge in [-0.05, 0) is 35.4 Å². The maximum Gasteiger partial charge on any atom is 0.120 e. The van der Waals surface area contributed by atoms with Crippen LogP contribution in [-0.2, 0) is 27.1 Å². The summed E-state index contributed by atoms with van der Waals surface area (Å²) in [6.07, 6.45) is 4.27. The SMILES string of the molecule is Cn1cc2c(n1)CCN(C[C@H](O)COc1cccc(-c3ccc4ncn(C)c4c3)c1)C2. The van der Waals surface area contributed by atoms with Crippen LogP contribution in [0, 0.1) is 0 Å². The Labute approximate surface area is 181 Å². The number of hydrogen-bond acceptors (Lipinski definition) is 5. The summed E-state index contributed by atoms with van der Waals surface area (Å²) in [5, 5.41) is 15.0. The Bertz CT molecular complexity index is 1210. The van der Waals surface area contributed by atoms with Gasteiger partial charge in [-0.25, -0.2) is 4.98 Å². The van der Waals surface area contributed by atoms with Gasteiger partial charge in [0.2, 0.25) is 0 Å². The summed E-state index contributed by atoms with van der Waals surface area (Å²) in [4.78, 5) is 6.64. The standard InChI is InChI=1S/C24H27N5O2/c1-27-16-25-23-7-6-18(11-24(23)27)17-4-3-5-21(10-17)31-15-20(30)14-29-9-8-22-19(13-29)12-28(2)26-22/h3-7,10-12,16,20,30H,8-9,13-15H2,1-2H3/t20-/m0/s1. The van der Waals surface area contributed by atoms with E-state index < -0.39 is 6.10 Å². The van der Waals surface area contributed by atoms with Gasteiger partial charge in [-0.2, -0.15) is 5.10 Å². The first-order valence-corrected chi connectivity index (χ1v) is 10.6. The summed E-state index contributed by atoms with van der Waals surface area (Å²) in [5.41, 5.74) is 6.69. The number of aliphatic hydroxyl groups excluding tert-OH is 1. The minimum Gasteiger partial charge on any atom is -0.491 e. The normalized spacial score (nSPS) is 15.2. The van der Waals surface area contributed by atoms with Crippen molar-refractivity contribution in [3.63, 3.8) is 0 Å². The Balaban J connectivity index is 1.21. The van der Waals surface area contributed by atoms with E-state index in [2.05, 4.69) is 39.4 Å². The van der Waals surface area contributed by atoms with E-state index in [1.165, 1.54) is 11.3 Å². The summed E-state index contributed by atoms with van der Waals surface area (Å²) in [5.74, 6) is 0.759. The number of aromatic nitrogens is 4. The molecule has 0 aliphatic carbocycles. The van der Waals surface area contributed by atoms with Crippen molar-refractivity contribution >= 4 is 11.0 Å². The Morgan fingerprint density at radius 3 is 2.90 bits per heavy atom.